The summed E-state index contributed by atoms with van der Waals surface area (Å²) < 4.78 is 1.36. The first-order chi connectivity index (χ1) is 12.3. The van der Waals surface area contributed by atoms with Crippen LogP contribution < -0.4 is 0 Å². The van der Waals surface area contributed by atoms with Gasteiger partial charge in [-0.1, -0.05) is 18.2 Å². The third-order valence-electron chi connectivity index (χ3n) is 4.60. The first-order valence-corrected chi connectivity index (χ1v) is 7.98. The maximum Gasteiger partial charge on any atom is 0.308 e. The van der Waals surface area contributed by atoms with Crippen molar-refractivity contribution < 1.29 is 19.6 Å². The molecule has 2 aromatic rings. The number of carboxylic acids is 1. The van der Waals surface area contributed by atoms with Crippen LogP contribution in [-0.4, -0.2) is 54.9 Å². The summed E-state index contributed by atoms with van der Waals surface area (Å²) in [6.45, 7) is 3.89. The highest BCUT2D eigenvalue weighted by molar-refractivity contribution is 5.94. The Balaban J connectivity index is 1.88. The summed E-state index contributed by atoms with van der Waals surface area (Å²) in [4.78, 5) is 35.8. The van der Waals surface area contributed by atoms with Crippen molar-refractivity contribution in [2.45, 2.75) is 13.8 Å². The number of hydrogen-bond acceptors (Lipinski definition) is 6. The molecule has 0 unspecified atom stereocenters. The number of non-ortho nitro benzene ring substituents is 1. The van der Waals surface area contributed by atoms with E-state index < -0.39 is 22.7 Å². The van der Waals surface area contributed by atoms with E-state index in [0.717, 1.165) is 0 Å². The molecule has 1 aliphatic rings. The predicted molar refractivity (Wildman–Crippen MR) is 88.9 cm³/mol. The normalized spacial score (nSPS) is 19.5. The van der Waals surface area contributed by atoms with Gasteiger partial charge in [-0.25, -0.2) is 4.68 Å². The number of likely N-dealkylation sites (tertiary alicyclic amines) is 1. The second-order valence-electron chi connectivity index (χ2n) is 6.34. The maximum atomic E-state index is 12.7. The van der Waals surface area contributed by atoms with Crippen LogP contribution in [0.25, 0.3) is 5.69 Å². The number of aromatic nitrogens is 3. The summed E-state index contributed by atoms with van der Waals surface area (Å²) >= 11 is 0. The van der Waals surface area contributed by atoms with E-state index in [1.54, 1.807) is 19.9 Å². The van der Waals surface area contributed by atoms with Crippen molar-refractivity contribution in [3.05, 3.63) is 45.8 Å². The Hall–Kier alpha value is -3.30. The third kappa shape index (κ3) is 3.01. The second kappa shape index (κ2) is 6.54. The number of carboxylic acid groups (broad SMARTS) is 1. The van der Waals surface area contributed by atoms with Crippen molar-refractivity contribution >= 4 is 17.6 Å². The second-order valence-corrected chi connectivity index (χ2v) is 6.34. The Labute approximate surface area is 148 Å². The molecule has 1 aliphatic heterocycles. The number of nitrogens with zero attached hydrogens (tertiary/aromatic N) is 5. The molecule has 0 aliphatic carbocycles. The average molecular weight is 359 g/mol. The van der Waals surface area contributed by atoms with Crippen LogP contribution in [-0.2, 0) is 4.79 Å². The van der Waals surface area contributed by atoms with Crippen molar-refractivity contribution in [1.82, 2.24) is 19.9 Å². The number of hydrogen-bond donors (Lipinski definition) is 1. The summed E-state index contributed by atoms with van der Waals surface area (Å²) in [5.74, 6) is -2.07. The average Bonchev–Trinajstić information content (AvgIpc) is 3.17. The first kappa shape index (κ1) is 17.5. The Kier molecular flexibility index (Phi) is 4.41. The molecule has 1 aromatic carbocycles. The van der Waals surface area contributed by atoms with Crippen molar-refractivity contribution in [2.24, 2.45) is 11.8 Å². The quantitative estimate of drug-likeness (QED) is 0.642. The van der Waals surface area contributed by atoms with Gasteiger partial charge in [0.1, 0.15) is 0 Å². The molecule has 1 amide bonds. The summed E-state index contributed by atoms with van der Waals surface area (Å²) in [5, 5.41) is 28.0. The zero-order chi connectivity index (χ0) is 19.0. The van der Waals surface area contributed by atoms with E-state index in [1.807, 2.05) is 0 Å². The lowest BCUT2D eigenvalue weighted by atomic mass is 9.99. The van der Waals surface area contributed by atoms with Crippen LogP contribution in [0, 0.1) is 28.9 Å². The van der Waals surface area contributed by atoms with Crippen molar-refractivity contribution in [3.63, 3.8) is 0 Å². The summed E-state index contributed by atoms with van der Waals surface area (Å²) in [6.07, 6.45) is 0. The van der Waals surface area contributed by atoms with Crippen molar-refractivity contribution in [1.29, 1.82) is 0 Å². The van der Waals surface area contributed by atoms with Gasteiger partial charge in [-0.3, -0.25) is 19.7 Å². The maximum absolute atomic E-state index is 12.7. The molecule has 3 rings (SSSR count). The number of amides is 1. The Morgan fingerprint density at radius 1 is 1.35 bits per heavy atom. The van der Waals surface area contributed by atoms with Crippen molar-refractivity contribution in [2.75, 3.05) is 13.1 Å². The molecular formula is C16H17N5O5. The third-order valence-corrected chi connectivity index (χ3v) is 4.60. The Morgan fingerprint density at radius 2 is 2.08 bits per heavy atom. The highest BCUT2D eigenvalue weighted by Gasteiger charge is 2.38. The van der Waals surface area contributed by atoms with Gasteiger partial charge < -0.3 is 10.0 Å². The molecule has 0 radical (unpaired) electrons. The minimum absolute atomic E-state index is 0.0945. The van der Waals surface area contributed by atoms with Crippen LogP contribution in [0.2, 0.25) is 0 Å². The number of carbonyl (C=O) groups is 2. The number of nitro benzene ring substituents is 1. The monoisotopic (exact) mass is 359 g/mol. The van der Waals surface area contributed by atoms with E-state index in [1.165, 1.54) is 27.8 Å². The molecule has 10 nitrogen and oxygen atoms in total. The van der Waals surface area contributed by atoms with Crippen LogP contribution in [0.15, 0.2) is 24.3 Å². The van der Waals surface area contributed by atoms with Crippen LogP contribution in [0.5, 0.6) is 0 Å². The molecule has 1 saturated heterocycles. The van der Waals surface area contributed by atoms with E-state index >= 15 is 0 Å². The van der Waals surface area contributed by atoms with E-state index in [0.29, 0.717) is 17.9 Å². The van der Waals surface area contributed by atoms with Gasteiger partial charge in [-0.05, 0) is 18.9 Å². The minimum atomic E-state index is -0.926. The predicted octanol–water partition coefficient (Wildman–Crippen LogP) is 1.28. The van der Waals surface area contributed by atoms with Gasteiger partial charge in [0.2, 0.25) is 0 Å². The molecule has 1 fully saturated rings. The molecule has 136 valence electrons. The molecule has 2 heterocycles. The lowest BCUT2D eigenvalue weighted by molar-refractivity contribution is -0.384. The highest BCUT2D eigenvalue weighted by atomic mass is 16.6. The van der Waals surface area contributed by atoms with Crippen LogP contribution >= 0.6 is 0 Å². The van der Waals surface area contributed by atoms with E-state index in [9.17, 15) is 24.8 Å². The lowest BCUT2D eigenvalue weighted by Crippen LogP contribution is -2.30. The minimum Gasteiger partial charge on any atom is -0.481 e. The Morgan fingerprint density at radius 3 is 2.69 bits per heavy atom. The van der Waals surface area contributed by atoms with Gasteiger partial charge in [-0.15, -0.1) is 5.10 Å². The van der Waals surface area contributed by atoms with Gasteiger partial charge in [-0.2, -0.15) is 0 Å². The van der Waals surface area contributed by atoms with Crippen LogP contribution in [0.1, 0.15) is 23.1 Å². The fourth-order valence-electron chi connectivity index (χ4n) is 3.11. The standard InChI is InChI=1S/C16H17N5O5/c1-9-7-19(8-13(9)16(23)24)15(22)14-10(2)20(18-17-14)11-4-3-5-12(6-11)21(25)26/h3-6,9,13H,7-8H2,1-2H3,(H,23,24)/t9-,13-/m1/s1. The summed E-state index contributed by atoms with van der Waals surface area (Å²) in [6, 6.07) is 5.85. The molecule has 0 bridgehead atoms. The molecule has 26 heavy (non-hydrogen) atoms. The largest absolute Gasteiger partial charge is 0.481 e. The molecule has 2 atom stereocenters. The summed E-state index contributed by atoms with van der Waals surface area (Å²) in [5.41, 5.74) is 0.862. The fourth-order valence-corrected chi connectivity index (χ4v) is 3.11. The number of carbonyl (C=O) groups excluding carboxylic acids is 1. The number of benzene rings is 1. The van der Waals surface area contributed by atoms with Gasteiger partial charge in [0.25, 0.3) is 11.6 Å². The number of rotatable bonds is 4. The topological polar surface area (TPSA) is 131 Å². The SMILES string of the molecule is Cc1c(C(=O)N2C[C@@H](C)[C@H](C(=O)O)C2)nnn1-c1cccc([N+](=O)[O-])c1. The smallest absolute Gasteiger partial charge is 0.308 e. The van der Waals surface area contributed by atoms with Gasteiger partial charge >= 0.3 is 5.97 Å². The van der Waals surface area contributed by atoms with Crippen molar-refractivity contribution in [3.8, 4) is 5.69 Å². The lowest BCUT2D eigenvalue weighted by Gasteiger charge is -2.14. The van der Waals surface area contributed by atoms with Crippen LogP contribution in [0.4, 0.5) is 5.69 Å². The van der Waals surface area contributed by atoms with Gasteiger partial charge in [0.05, 0.1) is 22.2 Å². The first-order valence-electron chi connectivity index (χ1n) is 7.98. The van der Waals surface area contributed by atoms with E-state index in [4.69, 9.17) is 0 Å². The van der Waals surface area contributed by atoms with Gasteiger partial charge in [0, 0.05) is 25.2 Å². The summed E-state index contributed by atoms with van der Waals surface area (Å²) in [7, 11) is 0. The van der Waals surface area contributed by atoms with E-state index in [-0.39, 0.29) is 23.8 Å². The number of aliphatic carboxylic acids is 1. The van der Waals surface area contributed by atoms with Crippen LogP contribution in [0.3, 0.4) is 0 Å². The fraction of sp³-hybridized carbons (Fsp3) is 0.375. The Bertz CT molecular complexity index is 893. The molecular weight excluding hydrogens is 342 g/mol. The van der Waals surface area contributed by atoms with Gasteiger partial charge in [0.15, 0.2) is 5.69 Å². The molecule has 1 aromatic heterocycles. The molecule has 0 spiro atoms. The number of nitro groups is 1. The molecule has 0 saturated carbocycles. The zero-order valence-corrected chi connectivity index (χ0v) is 14.2. The molecule has 1 N–H and O–H groups in total. The zero-order valence-electron chi connectivity index (χ0n) is 14.2. The highest BCUT2D eigenvalue weighted by Crippen LogP contribution is 2.25. The molecule has 10 heteroatoms. The van der Waals surface area contributed by atoms with E-state index in [2.05, 4.69) is 10.3 Å².